The average molecular weight is 1230 g/mol. The van der Waals surface area contributed by atoms with E-state index in [2.05, 4.69) is 55.6 Å². The van der Waals surface area contributed by atoms with E-state index >= 15 is 0 Å². The van der Waals surface area contributed by atoms with Crippen LogP contribution in [0, 0.1) is 0 Å². The molecule has 0 radical (unpaired) electrons. The summed E-state index contributed by atoms with van der Waals surface area (Å²) in [6, 6.07) is -0.895. The van der Waals surface area contributed by atoms with Gasteiger partial charge in [0.2, 0.25) is 5.91 Å². The highest BCUT2D eigenvalue weighted by Gasteiger charge is 2.53. The van der Waals surface area contributed by atoms with Gasteiger partial charge in [-0.05, 0) is 51.4 Å². The van der Waals surface area contributed by atoms with Crippen LogP contribution in [0.15, 0.2) is 36.5 Å². The second kappa shape index (κ2) is 49.7. The van der Waals surface area contributed by atoms with Gasteiger partial charge in [0.25, 0.3) is 0 Å². The largest absolute Gasteiger partial charge is 0.394 e. The summed E-state index contributed by atoms with van der Waals surface area (Å²) in [5.41, 5.74) is 0. The van der Waals surface area contributed by atoms with E-state index in [0.717, 1.165) is 77.0 Å². The first kappa shape index (κ1) is 78.3. The fourth-order valence-electron chi connectivity index (χ4n) is 11.6. The first-order valence-electron chi connectivity index (χ1n) is 34.2. The van der Waals surface area contributed by atoms with Gasteiger partial charge in [0, 0.05) is 6.42 Å². The van der Waals surface area contributed by atoms with Gasteiger partial charge in [-0.25, -0.2) is 0 Å². The SMILES string of the molecule is CCCCCCC/C=C\C/C=C\C/C=C\CCCCCCCCC(=O)NC(COC1OC(CO)C(OC2OC(CO)C(OC3OC(CO)C(O)C(O)C3O)C(O)C2O)C(O)C1O)C(O)CCCCCCCCCCCCCCCCCCCCCC. The Labute approximate surface area is 517 Å². The van der Waals surface area contributed by atoms with Crippen molar-refractivity contribution in [3.63, 3.8) is 0 Å². The molecule has 17 atom stereocenters. The number of aliphatic hydroxyl groups excluding tert-OH is 11. The lowest BCUT2D eigenvalue weighted by atomic mass is 9.96. The van der Waals surface area contributed by atoms with Crippen molar-refractivity contribution in [2.75, 3.05) is 26.4 Å². The van der Waals surface area contributed by atoms with E-state index in [9.17, 15) is 61.0 Å². The Balaban J connectivity index is 1.45. The Kier molecular flexibility index (Phi) is 45.2. The molecule has 0 aromatic rings. The van der Waals surface area contributed by atoms with Crippen LogP contribution in [0.5, 0.6) is 0 Å². The molecule has 3 fully saturated rings. The molecule has 3 aliphatic heterocycles. The van der Waals surface area contributed by atoms with E-state index < -0.39 is 124 Å². The standard InChI is InChI=1S/C67H123NO18/c1-3-5-7-9-11-13-15-17-19-21-23-25-27-29-31-33-35-37-39-41-43-45-55(73)68-50(51(72)44-42-40-38-36-34-32-30-28-26-24-22-20-18-16-14-12-10-8-6-4-2)49-81-65-61(79)58(76)63(53(47-70)83-65)86-67-62(80)59(77)64(54(48-71)84-67)85-66-60(78)57(75)56(74)52(46-69)82-66/h15,17,21,23,27,29,50-54,56-67,69-72,74-80H,3-14,16,18-20,22,24-26,28,30-49H2,1-2H3,(H,68,73)/b17-15-,23-21-,29-27-. The van der Waals surface area contributed by atoms with E-state index in [1.807, 2.05) is 0 Å². The van der Waals surface area contributed by atoms with Crippen molar-refractivity contribution >= 4 is 5.91 Å². The van der Waals surface area contributed by atoms with Gasteiger partial charge in [0.05, 0.1) is 38.6 Å². The fourth-order valence-corrected chi connectivity index (χ4v) is 11.6. The lowest BCUT2D eigenvalue weighted by Crippen LogP contribution is -2.66. The number of amides is 1. The maximum Gasteiger partial charge on any atom is 0.220 e. The second-order valence-corrected chi connectivity index (χ2v) is 24.6. The van der Waals surface area contributed by atoms with Gasteiger partial charge in [-0.2, -0.15) is 0 Å². The fraction of sp³-hybridized carbons (Fsp3) is 0.896. The molecule has 3 aliphatic rings. The van der Waals surface area contributed by atoms with E-state index in [-0.39, 0.29) is 18.9 Å². The zero-order valence-electron chi connectivity index (χ0n) is 53.0. The maximum atomic E-state index is 13.4. The smallest absolute Gasteiger partial charge is 0.220 e. The molecule has 0 spiro atoms. The van der Waals surface area contributed by atoms with Crippen molar-refractivity contribution < 1.29 is 89.4 Å². The number of nitrogens with one attached hydrogen (secondary N) is 1. The molecule has 19 nitrogen and oxygen atoms in total. The number of rotatable bonds is 52. The zero-order chi connectivity index (χ0) is 62.6. The highest BCUT2D eigenvalue weighted by molar-refractivity contribution is 5.76. The van der Waals surface area contributed by atoms with Crippen molar-refractivity contribution in [3.8, 4) is 0 Å². The molecule has 19 heteroatoms. The van der Waals surface area contributed by atoms with Gasteiger partial charge in [0.1, 0.15) is 73.2 Å². The molecule has 12 N–H and O–H groups in total. The number of hydrogen-bond acceptors (Lipinski definition) is 18. The van der Waals surface area contributed by atoms with Crippen molar-refractivity contribution in [2.24, 2.45) is 0 Å². The zero-order valence-corrected chi connectivity index (χ0v) is 53.0. The summed E-state index contributed by atoms with van der Waals surface area (Å²) in [7, 11) is 0. The van der Waals surface area contributed by atoms with Crippen LogP contribution >= 0.6 is 0 Å². The van der Waals surface area contributed by atoms with Crippen LogP contribution in [0.3, 0.4) is 0 Å². The Morgan fingerprint density at radius 2 is 0.767 bits per heavy atom. The van der Waals surface area contributed by atoms with Crippen LogP contribution in [0.1, 0.15) is 251 Å². The summed E-state index contributed by atoms with van der Waals surface area (Å²) in [6.45, 7) is 1.79. The van der Waals surface area contributed by atoms with Crippen LogP contribution in [-0.4, -0.2) is 193 Å². The molecule has 86 heavy (non-hydrogen) atoms. The molecule has 17 unspecified atom stereocenters. The Morgan fingerprint density at radius 3 is 1.20 bits per heavy atom. The normalized spacial score (nSPS) is 29.0. The number of allylic oxidation sites excluding steroid dienone is 6. The third kappa shape index (κ3) is 31.8. The van der Waals surface area contributed by atoms with Crippen LogP contribution in [0.2, 0.25) is 0 Å². The molecule has 3 heterocycles. The molecule has 3 saturated heterocycles. The van der Waals surface area contributed by atoms with Crippen LogP contribution < -0.4 is 5.32 Å². The van der Waals surface area contributed by atoms with Gasteiger partial charge in [-0.1, -0.05) is 230 Å². The monoisotopic (exact) mass is 1230 g/mol. The lowest BCUT2D eigenvalue weighted by Gasteiger charge is -2.48. The molecule has 504 valence electrons. The van der Waals surface area contributed by atoms with Crippen molar-refractivity contribution in [1.82, 2.24) is 5.32 Å². The molecule has 3 rings (SSSR count). The minimum Gasteiger partial charge on any atom is -0.394 e. The van der Waals surface area contributed by atoms with E-state index in [0.29, 0.717) is 12.8 Å². The molecular formula is C67H123NO18. The lowest BCUT2D eigenvalue weighted by molar-refractivity contribution is -0.379. The summed E-state index contributed by atoms with van der Waals surface area (Å²) < 4.78 is 34.4. The number of carbonyl (C=O) groups is 1. The average Bonchev–Trinajstić information content (AvgIpc) is 2.21. The number of hydrogen-bond donors (Lipinski definition) is 12. The molecule has 0 saturated carbocycles. The highest BCUT2D eigenvalue weighted by atomic mass is 16.8. The molecule has 1 amide bonds. The Hall–Kier alpha value is -1.99. The van der Waals surface area contributed by atoms with Gasteiger partial charge < -0.3 is 89.9 Å². The van der Waals surface area contributed by atoms with Gasteiger partial charge in [0.15, 0.2) is 18.9 Å². The third-order valence-corrected chi connectivity index (χ3v) is 17.2. The van der Waals surface area contributed by atoms with Gasteiger partial charge in [-0.3, -0.25) is 4.79 Å². The van der Waals surface area contributed by atoms with E-state index in [4.69, 9.17) is 28.4 Å². The maximum absolute atomic E-state index is 13.4. The van der Waals surface area contributed by atoms with Crippen LogP contribution in [-0.2, 0) is 33.2 Å². The summed E-state index contributed by atoms with van der Waals surface area (Å²) >= 11 is 0. The molecule has 0 bridgehead atoms. The van der Waals surface area contributed by atoms with Gasteiger partial charge in [-0.15, -0.1) is 0 Å². The minimum absolute atomic E-state index is 0.252. The molecule has 0 aromatic heterocycles. The van der Waals surface area contributed by atoms with Gasteiger partial charge >= 0.3 is 0 Å². The molecular weight excluding hydrogens is 1110 g/mol. The van der Waals surface area contributed by atoms with Crippen molar-refractivity contribution in [2.45, 2.75) is 356 Å². The van der Waals surface area contributed by atoms with Crippen molar-refractivity contribution in [1.29, 1.82) is 0 Å². The van der Waals surface area contributed by atoms with Crippen LogP contribution in [0.4, 0.5) is 0 Å². The highest BCUT2D eigenvalue weighted by Crippen LogP contribution is 2.33. The quantitative estimate of drug-likeness (QED) is 0.0201. The predicted octanol–water partition coefficient (Wildman–Crippen LogP) is 8.44. The number of aliphatic hydroxyl groups is 11. The number of unbranched alkanes of at least 4 members (excludes halogenated alkanes) is 30. The minimum atomic E-state index is -1.97. The number of ether oxygens (including phenoxy) is 6. The van der Waals surface area contributed by atoms with E-state index in [1.54, 1.807) is 0 Å². The van der Waals surface area contributed by atoms with E-state index in [1.165, 1.54) is 141 Å². The number of carbonyl (C=O) groups excluding carboxylic acids is 1. The third-order valence-electron chi connectivity index (χ3n) is 17.2. The summed E-state index contributed by atoms with van der Waals surface area (Å²) in [4.78, 5) is 13.4. The summed E-state index contributed by atoms with van der Waals surface area (Å²) in [6.07, 6.45) is 29.2. The predicted molar refractivity (Wildman–Crippen MR) is 333 cm³/mol. The summed E-state index contributed by atoms with van der Waals surface area (Å²) in [5.74, 6) is -0.253. The Bertz CT molecular complexity index is 1710. The topological polar surface area (TPSA) is 307 Å². The second-order valence-electron chi connectivity index (χ2n) is 24.6. The molecule has 0 aromatic carbocycles. The first-order chi connectivity index (χ1) is 41.8. The summed E-state index contributed by atoms with van der Waals surface area (Å²) in [5, 5.41) is 121. The Morgan fingerprint density at radius 1 is 0.419 bits per heavy atom. The first-order valence-corrected chi connectivity index (χ1v) is 34.2. The van der Waals surface area contributed by atoms with Crippen molar-refractivity contribution in [3.05, 3.63) is 36.5 Å². The van der Waals surface area contributed by atoms with Crippen LogP contribution in [0.25, 0.3) is 0 Å². The molecule has 0 aliphatic carbocycles.